The zero-order valence-electron chi connectivity index (χ0n) is 10.8. The molecule has 0 saturated carbocycles. The molecule has 0 unspecified atom stereocenters. The Hall–Kier alpha value is -2.50. The standard InChI is InChI=1S/C13H13NO5/c1-7-9(4-8(17-2)5-11(7)18-3)12-6-10(13(15)16)14-19-12/h4-6H,1-3H3,(H,15,16). The maximum Gasteiger partial charge on any atom is 0.358 e. The molecule has 0 radical (unpaired) electrons. The van der Waals surface area contributed by atoms with Gasteiger partial charge in [0.25, 0.3) is 0 Å². The van der Waals surface area contributed by atoms with Crippen LogP contribution >= 0.6 is 0 Å². The molecule has 0 bridgehead atoms. The van der Waals surface area contributed by atoms with E-state index in [0.717, 1.165) is 5.56 Å². The predicted molar refractivity (Wildman–Crippen MR) is 66.7 cm³/mol. The van der Waals surface area contributed by atoms with E-state index < -0.39 is 5.97 Å². The van der Waals surface area contributed by atoms with Crippen LogP contribution in [-0.4, -0.2) is 30.5 Å². The Bertz CT molecular complexity index is 617. The minimum Gasteiger partial charge on any atom is -0.497 e. The van der Waals surface area contributed by atoms with Gasteiger partial charge in [0.05, 0.1) is 14.2 Å². The van der Waals surface area contributed by atoms with Crippen LogP contribution in [0.5, 0.6) is 11.5 Å². The molecule has 1 N–H and O–H groups in total. The molecule has 0 atom stereocenters. The third kappa shape index (κ3) is 2.37. The number of hydrogen-bond acceptors (Lipinski definition) is 5. The maximum absolute atomic E-state index is 10.8. The van der Waals surface area contributed by atoms with Crippen molar-refractivity contribution in [3.05, 3.63) is 29.5 Å². The summed E-state index contributed by atoms with van der Waals surface area (Å²) in [5, 5.41) is 12.3. The fourth-order valence-electron chi connectivity index (χ4n) is 1.75. The summed E-state index contributed by atoms with van der Waals surface area (Å²) >= 11 is 0. The van der Waals surface area contributed by atoms with E-state index in [4.69, 9.17) is 19.1 Å². The Labute approximate surface area is 109 Å². The van der Waals surface area contributed by atoms with Crippen LogP contribution < -0.4 is 9.47 Å². The zero-order valence-corrected chi connectivity index (χ0v) is 10.8. The molecule has 19 heavy (non-hydrogen) atoms. The van der Waals surface area contributed by atoms with Crippen LogP contribution in [0.2, 0.25) is 0 Å². The Balaban J connectivity index is 2.56. The van der Waals surface area contributed by atoms with Crippen LogP contribution in [0.15, 0.2) is 22.7 Å². The van der Waals surface area contributed by atoms with Crippen molar-refractivity contribution in [2.24, 2.45) is 0 Å². The number of benzene rings is 1. The number of hydrogen-bond donors (Lipinski definition) is 1. The Morgan fingerprint density at radius 1 is 1.26 bits per heavy atom. The van der Waals surface area contributed by atoms with Gasteiger partial charge in [0.1, 0.15) is 11.5 Å². The van der Waals surface area contributed by atoms with E-state index in [1.165, 1.54) is 13.2 Å². The van der Waals surface area contributed by atoms with Crippen LogP contribution in [-0.2, 0) is 0 Å². The van der Waals surface area contributed by atoms with Crippen LogP contribution in [0.1, 0.15) is 16.1 Å². The van der Waals surface area contributed by atoms with Gasteiger partial charge in [-0.3, -0.25) is 0 Å². The molecule has 2 aromatic rings. The first-order chi connectivity index (χ1) is 9.06. The molecule has 1 aromatic heterocycles. The first kappa shape index (κ1) is 12.9. The summed E-state index contributed by atoms with van der Waals surface area (Å²) in [7, 11) is 3.09. The molecule has 2 rings (SSSR count). The van der Waals surface area contributed by atoms with Gasteiger partial charge in [-0.2, -0.15) is 0 Å². The summed E-state index contributed by atoms with van der Waals surface area (Å²) in [6.45, 7) is 1.84. The Kier molecular flexibility index (Phi) is 3.41. The van der Waals surface area contributed by atoms with Crippen molar-refractivity contribution in [1.82, 2.24) is 5.16 Å². The molecular formula is C13H13NO5. The Morgan fingerprint density at radius 2 is 2.00 bits per heavy atom. The van der Waals surface area contributed by atoms with Crippen molar-refractivity contribution in [3.8, 4) is 22.8 Å². The topological polar surface area (TPSA) is 81.8 Å². The SMILES string of the molecule is COc1cc(OC)c(C)c(-c2cc(C(=O)O)no2)c1. The van der Waals surface area contributed by atoms with E-state index in [2.05, 4.69) is 5.16 Å². The Morgan fingerprint density at radius 3 is 2.53 bits per heavy atom. The lowest BCUT2D eigenvalue weighted by atomic mass is 10.0. The zero-order chi connectivity index (χ0) is 14.0. The van der Waals surface area contributed by atoms with E-state index >= 15 is 0 Å². The van der Waals surface area contributed by atoms with Crippen molar-refractivity contribution in [2.75, 3.05) is 14.2 Å². The molecule has 0 amide bonds. The van der Waals surface area contributed by atoms with Crippen molar-refractivity contribution in [2.45, 2.75) is 6.92 Å². The molecule has 1 heterocycles. The van der Waals surface area contributed by atoms with Gasteiger partial charge >= 0.3 is 5.97 Å². The van der Waals surface area contributed by atoms with Crippen molar-refractivity contribution >= 4 is 5.97 Å². The highest BCUT2D eigenvalue weighted by atomic mass is 16.5. The summed E-state index contributed by atoms with van der Waals surface area (Å²) in [6.07, 6.45) is 0. The fraction of sp³-hybridized carbons (Fsp3) is 0.231. The molecule has 0 saturated heterocycles. The fourth-order valence-corrected chi connectivity index (χ4v) is 1.75. The highest BCUT2D eigenvalue weighted by Gasteiger charge is 2.17. The lowest BCUT2D eigenvalue weighted by molar-refractivity contribution is 0.0686. The number of nitrogens with zero attached hydrogens (tertiary/aromatic N) is 1. The van der Waals surface area contributed by atoms with Gasteiger partial charge < -0.3 is 19.1 Å². The highest BCUT2D eigenvalue weighted by molar-refractivity contribution is 5.86. The third-order valence-corrected chi connectivity index (χ3v) is 2.78. The van der Waals surface area contributed by atoms with Gasteiger partial charge in [-0.05, 0) is 13.0 Å². The van der Waals surface area contributed by atoms with Crippen LogP contribution in [0.4, 0.5) is 0 Å². The molecule has 1 aromatic carbocycles. The van der Waals surface area contributed by atoms with Crippen LogP contribution in [0, 0.1) is 6.92 Å². The summed E-state index contributed by atoms with van der Waals surface area (Å²) in [6, 6.07) is 4.85. The van der Waals surface area contributed by atoms with E-state index in [0.29, 0.717) is 22.8 Å². The number of aromatic carboxylic acids is 1. The second-order valence-electron chi connectivity index (χ2n) is 3.88. The highest BCUT2D eigenvalue weighted by Crippen LogP contribution is 2.34. The minimum absolute atomic E-state index is 0.142. The van der Waals surface area contributed by atoms with E-state index in [9.17, 15) is 4.79 Å². The molecule has 0 spiro atoms. The molecular weight excluding hydrogens is 250 g/mol. The molecule has 100 valence electrons. The number of carboxylic acid groups (broad SMARTS) is 1. The van der Waals surface area contributed by atoms with E-state index in [-0.39, 0.29) is 5.69 Å². The number of ether oxygens (including phenoxy) is 2. The van der Waals surface area contributed by atoms with Gasteiger partial charge in [0, 0.05) is 23.3 Å². The second-order valence-corrected chi connectivity index (χ2v) is 3.88. The molecule has 0 aliphatic heterocycles. The average Bonchev–Trinajstić information content (AvgIpc) is 2.88. The summed E-state index contributed by atoms with van der Waals surface area (Å²) < 4.78 is 15.5. The monoisotopic (exact) mass is 263 g/mol. The largest absolute Gasteiger partial charge is 0.497 e. The maximum atomic E-state index is 10.8. The van der Waals surface area contributed by atoms with Gasteiger partial charge in [0.2, 0.25) is 0 Å². The van der Waals surface area contributed by atoms with Crippen LogP contribution in [0.25, 0.3) is 11.3 Å². The number of carbonyl (C=O) groups is 1. The predicted octanol–water partition coefficient (Wildman–Crippen LogP) is 2.37. The van der Waals surface area contributed by atoms with Crippen molar-refractivity contribution in [1.29, 1.82) is 0 Å². The lowest BCUT2D eigenvalue weighted by Crippen LogP contribution is -1.95. The molecule has 6 nitrogen and oxygen atoms in total. The summed E-state index contributed by atoms with van der Waals surface area (Å²) in [5.74, 6) is 0.433. The van der Waals surface area contributed by atoms with Gasteiger partial charge in [-0.25, -0.2) is 4.79 Å². The number of aromatic nitrogens is 1. The smallest absolute Gasteiger partial charge is 0.358 e. The van der Waals surface area contributed by atoms with E-state index in [1.807, 2.05) is 6.92 Å². The molecule has 0 fully saturated rings. The number of methoxy groups -OCH3 is 2. The lowest BCUT2D eigenvalue weighted by Gasteiger charge is -2.10. The molecule has 0 aliphatic carbocycles. The first-order valence-electron chi connectivity index (χ1n) is 5.49. The third-order valence-electron chi connectivity index (χ3n) is 2.78. The van der Waals surface area contributed by atoms with E-state index in [1.54, 1.807) is 19.2 Å². The normalized spacial score (nSPS) is 10.3. The first-order valence-corrected chi connectivity index (χ1v) is 5.49. The number of carboxylic acids is 1. The average molecular weight is 263 g/mol. The van der Waals surface area contributed by atoms with Gasteiger partial charge in [-0.15, -0.1) is 0 Å². The van der Waals surface area contributed by atoms with Gasteiger partial charge in [-0.1, -0.05) is 5.16 Å². The van der Waals surface area contributed by atoms with Gasteiger partial charge in [0.15, 0.2) is 11.5 Å². The van der Waals surface area contributed by atoms with Crippen molar-refractivity contribution < 1.29 is 23.9 Å². The quantitative estimate of drug-likeness (QED) is 0.911. The summed E-state index contributed by atoms with van der Waals surface area (Å²) in [5.41, 5.74) is 1.35. The number of rotatable bonds is 4. The molecule has 6 heteroatoms. The summed E-state index contributed by atoms with van der Waals surface area (Å²) in [4.78, 5) is 10.8. The second kappa shape index (κ2) is 5.01. The minimum atomic E-state index is -1.14. The van der Waals surface area contributed by atoms with Crippen molar-refractivity contribution in [3.63, 3.8) is 0 Å². The van der Waals surface area contributed by atoms with Crippen LogP contribution in [0.3, 0.4) is 0 Å². The molecule has 0 aliphatic rings.